The van der Waals surface area contributed by atoms with E-state index in [1.54, 1.807) is 12.1 Å². The molecule has 1 aromatic carbocycles. The second-order valence-corrected chi connectivity index (χ2v) is 7.90. The molecule has 2 aromatic rings. The largest absolute Gasteiger partial charge is 0.420 e. The molecule has 118 valence electrons. The number of sulfone groups is 1. The monoisotopic (exact) mass is 344 g/mol. The van der Waals surface area contributed by atoms with Crippen LogP contribution in [0.25, 0.3) is 11.1 Å². The minimum atomic E-state index is -3.07. The zero-order valence-electron chi connectivity index (χ0n) is 11.4. The summed E-state index contributed by atoms with van der Waals surface area (Å²) in [7, 11) is -3.07. The summed E-state index contributed by atoms with van der Waals surface area (Å²) in [6.07, 6.45) is 0.394. The highest BCUT2D eigenvalue weighted by molar-refractivity contribution is 7.91. The van der Waals surface area contributed by atoms with Crippen molar-refractivity contribution in [3.8, 4) is 0 Å². The van der Waals surface area contributed by atoms with Crippen LogP contribution in [0.4, 0.5) is 0 Å². The number of aromatic nitrogens is 1. The first kappa shape index (κ1) is 15.1. The first-order valence-electron chi connectivity index (χ1n) is 6.63. The van der Waals surface area contributed by atoms with Gasteiger partial charge in [0.1, 0.15) is 6.54 Å². The minimum Gasteiger partial charge on any atom is -0.408 e. The number of hydrogen-bond acceptors (Lipinski definition) is 5. The lowest BCUT2D eigenvalue weighted by atomic mass is 10.2. The van der Waals surface area contributed by atoms with Crippen molar-refractivity contribution >= 4 is 38.4 Å². The van der Waals surface area contributed by atoms with Gasteiger partial charge in [-0.3, -0.25) is 9.36 Å². The molecular formula is C13H13ClN2O5S. The molecule has 0 saturated carbocycles. The van der Waals surface area contributed by atoms with Gasteiger partial charge in [0.25, 0.3) is 0 Å². The molecule has 9 heteroatoms. The van der Waals surface area contributed by atoms with Crippen molar-refractivity contribution in [2.45, 2.75) is 19.0 Å². The third-order valence-electron chi connectivity index (χ3n) is 3.53. The van der Waals surface area contributed by atoms with E-state index in [0.717, 1.165) is 0 Å². The molecule has 1 saturated heterocycles. The fourth-order valence-electron chi connectivity index (χ4n) is 2.52. The number of hydrogen-bond donors (Lipinski definition) is 1. The molecule has 0 spiro atoms. The Balaban J connectivity index is 1.77. The number of oxazole rings is 1. The normalized spacial score (nSPS) is 20.3. The van der Waals surface area contributed by atoms with Gasteiger partial charge in [-0.2, -0.15) is 0 Å². The molecular weight excluding hydrogens is 332 g/mol. The van der Waals surface area contributed by atoms with E-state index in [9.17, 15) is 18.0 Å². The molecule has 0 unspecified atom stereocenters. The van der Waals surface area contributed by atoms with E-state index in [1.807, 2.05) is 0 Å². The fourth-order valence-corrected chi connectivity index (χ4v) is 4.35. The van der Waals surface area contributed by atoms with Gasteiger partial charge in [-0.25, -0.2) is 13.2 Å². The van der Waals surface area contributed by atoms with Crippen molar-refractivity contribution in [1.82, 2.24) is 9.88 Å². The van der Waals surface area contributed by atoms with Gasteiger partial charge in [0.05, 0.1) is 17.0 Å². The maximum Gasteiger partial charge on any atom is 0.420 e. The van der Waals surface area contributed by atoms with Crippen LogP contribution in [0, 0.1) is 0 Å². The molecule has 1 atom stereocenters. The molecule has 1 N–H and O–H groups in total. The highest BCUT2D eigenvalue weighted by Gasteiger charge is 2.29. The number of fused-ring (bicyclic) bond motifs is 1. The standard InChI is InChI=1S/C13H13ClN2O5S/c14-8-1-2-10-11(5-8)21-13(18)16(10)6-12(17)15-9-3-4-22(19,20)7-9/h1-2,5,9H,3-4,6-7H2,(H,15,17)/t9-/m1/s1. The van der Waals surface area contributed by atoms with Gasteiger partial charge >= 0.3 is 5.76 Å². The smallest absolute Gasteiger partial charge is 0.408 e. The molecule has 1 fully saturated rings. The Hall–Kier alpha value is -1.80. The first-order chi connectivity index (χ1) is 10.3. The molecule has 3 rings (SSSR count). The average Bonchev–Trinajstić information content (AvgIpc) is 2.89. The highest BCUT2D eigenvalue weighted by Crippen LogP contribution is 2.18. The van der Waals surface area contributed by atoms with Crippen LogP contribution in [0.1, 0.15) is 6.42 Å². The summed E-state index contributed by atoms with van der Waals surface area (Å²) in [5.41, 5.74) is 0.761. The van der Waals surface area contributed by atoms with Crippen molar-refractivity contribution in [2.75, 3.05) is 11.5 Å². The van der Waals surface area contributed by atoms with Crippen molar-refractivity contribution < 1.29 is 17.6 Å². The van der Waals surface area contributed by atoms with Crippen molar-refractivity contribution in [1.29, 1.82) is 0 Å². The molecule has 1 aliphatic rings. The minimum absolute atomic E-state index is 0.0601. The predicted molar refractivity (Wildman–Crippen MR) is 80.7 cm³/mol. The van der Waals surface area contributed by atoms with Gasteiger partial charge in [0, 0.05) is 17.1 Å². The Morgan fingerprint density at radius 1 is 1.45 bits per heavy atom. The van der Waals surface area contributed by atoms with Crippen LogP contribution in [-0.2, 0) is 21.2 Å². The Kier molecular flexibility index (Phi) is 3.73. The van der Waals surface area contributed by atoms with Crippen LogP contribution < -0.4 is 11.1 Å². The Morgan fingerprint density at radius 3 is 2.91 bits per heavy atom. The summed E-state index contributed by atoms with van der Waals surface area (Å²) < 4.78 is 28.9. The van der Waals surface area contributed by atoms with Gasteiger partial charge in [0.15, 0.2) is 15.4 Å². The maximum atomic E-state index is 12.0. The van der Waals surface area contributed by atoms with Crippen molar-refractivity contribution in [3.63, 3.8) is 0 Å². The van der Waals surface area contributed by atoms with E-state index in [-0.39, 0.29) is 18.1 Å². The zero-order valence-corrected chi connectivity index (χ0v) is 13.0. The van der Waals surface area contributed by atoms with Crippen LogP contribution in [0.2, 0.25) is 5.02 Å². The first-order valence-corrected chi connectivity index (χ1v) is 8.83. The van der Waals surface area contributed by atoms with Gasteiger partial charge in [-0.05, 0) is 18.6 Å². The molecule has 7 nitrogen and oxygen atoms in total. The zero-order chi connectivity index (χ0) is 15.9. The molecule has 2 heterocycles. The van der Waals surface area contributed by atoms with E-state index in [2.05, 4.69) is 5.32 Å². The lowest BCUT2D eigenvalue weighted by molar-refractivity contribution is -0.122. The van der Waals surface area contributed by atoms with Gasteiger partial charge in [0.2, 0.25) is 5.91 Å². The Morgan fingerprint density at radius 2 is 2.23 bits per heavy atom. The van der Waals surface area contributed by atoms with E-state index in [1.165, 1.54) is 10.6 Å². The van der Waals surface area contributed by atoms with E-state index in [4.69, 9.17) is 16.0 Å². The third kappa shape index (κ3) is 3.02. The molecule has 1 aromatic heterocycles. The Bertz CT molecular complexity index is 899. The summed E-state index contributed by atoms with van der Waals surface area (Å²) in [5, 5.41) is 3.06. The van der Waals surface area contributed by atoms with Crippen LogP contribution in [0.5, 0.6) is 0 Å². The van der Waals surface area contributed by atoms with E-state index in [0.29, 0.717) is 22.5 Å². The van der Waals surface area contributed by atoms with Crippen molar-refractivity contribution in [3.05, 3.63) is 33.8 Å². The second kappa shape index (κ2) is 5.44. The number of carbonyl (C=O) groups is 1. The van der Waals surface area contributed by atoms with Crippen LogP contribution in [-0.4, -0.2) is 36.4 Å². The number of carbonyl (C=O) groups excluding carboxylic acids is 1. The highest BCUT2D eigenvalue weighted by atomic mass is 35.5. The molecule has 0 radical (unpaired) electrons. The summed E-state index contributed by atoms with van der Waals surface area (Å²) in [4.78, 5) is 23.8. The summed E-state index contributed by atoms with van der Waals surface area (Å²) in [6, 6.07) is 4.28. The number of amides is 1. The predicted octanol–water partition coefficient (Wildman–Crippen LogP) is 0.551. The quantitative estimate of drug-likeness (QED) is 0.876. The molecule has 22 heavy (non-hydrogen) atoms. The second-order valence-electron chi connectivity index (χ2n) is 5.23. The lowest BCUT2D eigenvalue weighted by Gasteiger charge is -2.10. The Labute approximate surface area is 130 Å². The van der Waals surface area contributed by atoms with Gasteiger partial charge in [-0.15, -0.1) is 0 Å². The lowest BCUT2D eigenvalue weighted by Crippen LogP contribution is -2.38. The van der Waals surface area contributed by atoms with Gasteiger partial charge < -0.3 is 9.73 Å². The summed E-state index contributed by atoms with van der Waals surface area (Å²) in [5.74, 6) is -1.08. The third-order valence-corrected chi connectivity index (χ3v) is 5.53. The maximum absolute atomic E-state index is 12.0. The SMILES string of the molecule is O=C(Cn1c(=O)oc2cc(Cl)ccc21)N[C@@H]1CCS(=O)(=O)C1. The molecule has 1 aliphatic heterocycles. The van der Waals surface area contributed by atoms with E-state index < -0.39 is 27.5 Å². The molecule has 0 bridgehead atoms. The summed E-state index contributed by atoms with van der Waals surface area (Å²) >= 11 is 5.82. The number of nitrogens with one attached hydrogen (secondary N) is 1. The van der Waals surface area contributed by atoms with Crippen LogP contribution in [0.15, 0.2) is 27.4 Å². The summed E-state index contributed by atoms with van der Waals surface area (Å²) in [6.45, 7) is -0.232. The number of halogens is 1. The topological polar surface area (TPSA) is 98.4 Å². The number of benzene rings is 1. The van der Waals surface area contributed by atoms with Gasteiger partial charge in [-0.1, -0.05) is 11.6 Å². The van der Waals surface area contributed by atoms with Crippen molar-refractivity contribution in [2.24, 2.45) is 0 Å². The molecule has 0 aliphatic carbocycles. The number of nitrogens with zero attached hydrogens (tertiary/aromatic N) is 1. The number of rotatable bonds is 3. The van der Waals surface area contributed by atoms with Crippen LogP contribution >= 0.6 is 11.6 Å². The van der Waals surface area contributed by atoms with Crippen LogP contribution in [0.3, 0.4) is 0 Å². The average molecular weight is 345 g/mol. The van der Waals surface area contributed by atoms with E-state index >= 15 is 0 Å². The molecule has 1 amide bonds. The fraction of sp³-hybridized carbons (Fsp3) is 0.385.